The van der Waals surface area contributed by atoms with Crippen LogP contribution in [0, 0.1) is 5.92 Å². The molecule has 1 saturated heterocycles. The summed E-state index contributed by atoms with van der Waals surface area (Å²) in [7, 11) is 0. The number of ether oxygens (including phenoxy) is 1. The lowest BCUT2D eigenvalue weighted by atomic mass is 9.97. The molecule has 2 nitrogen and oxygen atoms in total. The van der Waals surface area contributed by atoms with Gasteiger partial charge in [0, 0.05) is 33.3 Å². The summed E-state index contributed by atoms with van der Waals surface area (Å²) in [5, 5.41) is 5.81. The second-order valence-corrected chi connectivity index (χ2v) is 6.08. The van der Waals surface area contributed by atoms with E-state index in [-0.39, 0.29) is 0 Å². The molecule has 0 amide bonds. The Morgan fingerprint density at radius 3 is 3.12 bits per heavy atom. The second kappa shape index (κ2) is 6.15. The molecule has 1 aromatic heterocycles. The topological polar surface area (TPSA) is 21.3 Å². The van der Waals surface area contributed by atoms with E-state index < -0.39 is 0 Å². The molecule has 0 radical (unpaired) electrons. The minimum Gasteiger partial charge on any atom is -0.381 e. The summed E-state index contributed by atoms with van der Waals surface area (Å²) in [6.07, 6.45) is 2.35. The van der Waals surface area contributed by atoms with Gasteiger partial charge >= 0.3 is 0 Å². The minimum absolute atomic E-state index is 0.471. The molecule has 0 bridgehead atoms. The van der Waals surface area contributed by atoms with Gasteiger partial charge in [0.2, 0.25) is 0 Å². The van der Waals surface area contributed by atoms with Crippen molar-refractivity contribution < 1.29 is 4.74 Å². The predicted octanol–water partition coefficient (Wildman–Crippen LogP) is 3.59. The molecule has 0 aliphatic carbocycles. The van der Waals surface area contributed by atoms with Gasteiger partial charge in [-0.25, -0.2) is 0 Å². The fraction of sp³-hybridized carbons (Fsp3) is 0.667. The Morgan fingerprint density at radius 2 is 2.56 bits per heavy atom. The van der Waals surface area contributed by atoms with Crippen LogP contribution in [0.2, 0.25) is 0 Å². The van der Waals surface area contributed by atoms with E-state index in [1.807, 2.05) is 11.3 Å². The van der Waals surface area contributed by atoms with Crippen LogP contribution < -0.4 is 5.32 Å². The molecule has 90 valence electrons. The highest BCUT2D eigenvalue weighted by molar-refractivity contribution is 9.10. The zero-order valence-corrected chi connectivity index (χ0v) is 11.9. The van der Waals surface area contributed by atoms with Gasteiger partial charge in [-0.1, -0.05) is 6.92 Å². The van der Waals surface area contributed by atoms with E-state index in [0.717, 1.165) is 19.8 Å². The molecule has 2 atom stereocenters. The van der Waals surface area contributed by atoms with Crippen molar-refractivity contribution in [2.24, 2.45) is 5.92 Å². The van der Waals surface area contributed by atoms with Crippen molar-refractivity contribution in [3.8, 4) is 0 Å². The molecule has 1 N–H and O–H groups in total. The molecule has 2 rings (SSSR count). The number of rotatable bonds is 5. The van der Waals surface area contributed by atoms with Crippen molar-refractivity contribution in [3.05, 3.63) is 20.8 Å². The van der Waals surface area contributed by atoms with Gasteiger partial charge < -0.3 is 10.1 Å². The zero-order chi connectivity index (χ0) is 11.4. The monoisotopic (exact) mass is 303 g/mol. The molecule has 1 aliphatic heterocycles. The first-order chi connectivity index (χ1) is 7.81. The Hall–Kier alpha value is 0.1000. The van der Waals surface area contributed by atoms with E-state index in [1.54, 1.807) is 0 Å². The van der Waals surface area contributed by atoms with Gasteiger partial charge in [0.25, 0.3) is 0 Å². The van der Waals surface area contributed by atoms with Gasteiger partial charge in [-0.05, 0) is 41.4 Å². The molecule has 2 unspecified atom stereocenters. The summed E-state index contributed by atoms with van der Waals surface area (Å²) in [5.41, 5.74) is 0. The highest BCUT2D eigenvalue weighted by atomic mass is 79.9. The lowest BCUT2D eigenvalue weighted by Gasteiger charge is -2.22. The maximum atomic E-state index is 5.50. The maximum Gasteiger partial charge on any atom is 0.0513 e. The third kappa shape index (κ3) is 3.06. The van der Waals surface area contributed by atoms with Gasteiger partial charge in [-0.2, -0.15) is 0 Å². The highest BCUT2D eigenvalue weighted by Crippen LogP contribution is 2.33. The van der Waals surface area contributed by atoms with E-state index in [4.69, 9.17) is 4.74 Å². The zero-order valence-electron chi connectivity index (χ0n) is 9.54. The van der Waals surface area contributed by atoms with Crippen molar-refractivity contribution in [3.63, 3.8) is 0 Å². The lowest BCUT2D eigenvalue weighted by molar-refractivity contribution is 0.177. The van der Waals surface area contributed by atoms with Crippen molar-refractivity contribution in [2.45, 2.75) is 25.8 Å². The minimum atomic E-state index is 0.471. The maximum absolute atomic E-state index is 5.50. The van der Waals surface area contributed by atoms with Gasteiger partial charge in [0.1, 0.15) is 0 Å². The van der Waals surface area contributed by atoms with Crippen LogP contribution in [0.1, 0.15) is 30.7 Å². The number of halogens is 1. The largest absolute Gasteiger partial charge is 0.381 e. The van der Waals surface area contributed by atoms with Crippen LogP contribution in [0.15, 0.2) is 15.9 Å². The Kier molecular flexibility index (Phi) is 4.82. The van der Waals surface area contributed by atoms with E-state index in [0.29, 0.717) is 12.0 Å². The summed E-state index contributed by atoms with van der Waals surface area (Å²) in [5.74, 6) is 0.636. The van der Waals surface area contributed by atoms with Gasteiger partial charge in [-0.15, -0.1) is 11.3 Å². The molecule has 0 aromatic carbocycles. The molecule has 1 aromatic rings. The molecule has 0 saturated carbocycles. The van der Waals surface area contributed by atoms with Crippen LogP contribution in [-0.2, 0) is 4.74 Å². The van der Waals surface area contributed by atoms with Crippen LogP contribution in [0.25, 0.3) is 0 Å². The van der Waals surface area contributed by atoms with Gasteiger partial charge in [0.15, 0.2) is 0 Å². The molecule has 1 fully saturated rings. The summed E-state index contributed by atoms with van der Waals surface area (Å²) in [6, 6.07) is 2.70. The molecule has 4 heteroatoms. The van der Waals surface area contributed by atoms with Crippen LogP contribution in [0.3, 0.4) is 0 Å². The number of nitrogens with one attached hydrogen (secondary N) is 1. The fourth-order valence-corrected chi connectivity index (χ4v) is 3.72. The SMILES string of the molecule is CCCNC(c1cc(Br)cs1)C1CCOC1. The Labute approximate surface area is 110 Å². The number of thiophene rings is 1. The van der Waals surface area contributed by atoms with Gasteiger partial charge in [0.05, 0.1) is 6.61 Å². The first kappa shape index (κ1) is 12.6. The van der Waals surface area contributed by atoms with Crippen molar-refractivity contribution in [1.82, 2.24) is 5.32 Å². The van der Waals surface area contributed by atoms with Crippen LogP contribution in [-0.4, -0.2) is 19.8 Å². The predicted molar refractivity (Wildman–Crippen MR) is 72.0 cm³/mol. The number of hydrogen-bond donors (Lipinski definition) is 1. The smallest absolute Gasteiger partial charge is 0.0513 e. The Bertz CT molecular complexity index is 323. The molecular formula is C12H18BrNOS. The lowest BCUT2D eigenvalue weighted by Crippen LogP contribution is -2.28. The highest BCUT2D eigenvalue weighted by Gasteiger charge is 2.27. The third-order valence-corrected chi connectivity index (χ3v) is 4.72. The molecule has 16 heavy (non-hydrogen) atoms. The van der Waals surface area contributed by atoms with E-state index in [9.17, 15) is 0 Å². The molecule has 2 heterocycles. The van der Waals surface area contributed by atoms with Crippen molar-refractivity contribution in [1.29, 1.82) is 0 Å². The van der Waals surface area contributed by atoms with Gasteiger partial charge in [-0.3, -0.25) is 0 Å². The van der Waals surface area contributed by atoms with E-state index >= 15 is 0 Å². The van der Waals surface area contributed by atoms with Crippen LogP contribution in [0.5, 0.6) is 0 Å². The standard InChI is InChI=1S/C12H18BrNOS/c1-2-4-14-12(9-3-5-15-7-9)11-6-10(13)8-16-11/h6,8-9,12,14H,2-5,7H2,1H3. The normalized spacial score (nSPS) is 22.5. The average molecular weight is 304 g/mol. The summed E-state index contributed by atoms with van der Waals surface area (Å²) >= 11 is 5.36. The average Bonchev–Trinajstić information content (AvgIpc) is 2.91. The third-order valence-electron chi connectivity index (χ3n) is 2.94. The van der Waals surface area contributed by atoms with E-state index in [1.165, 1.54) is 22.2 Å². The first-order valence-electron chi connectivity index (χ1n) is 5.86. The summed E-state index contributed by atoms with van der Waals surface area (Å²) < 4.78 is 6.69. The first-order valence-corrected chi connectivity index (χ1v) is 7.53. The fourth-order valence-electron chi connectivity index (χ4n) is 2.11. The number of hydrogen-bond acceptors (Lipinski definition) is 3. The molecular weight excluding hydrogens is 286 g/mol. The quantitative estimate of drug-likeness (QED) is 0.897. The van der Waals surface area contributed by atoms with Crippen LogP contribution >= 0.6 is 27.3 Å². The Balaban J connectivity index is 2.06. The van der Waals surface area contributed by atoms with Crippen molar-refractivity contribution >= 4 is 27.3 Å². The van der Waals surface area contributed by atoms with Crippen LogP contribution in [0.4, 0.5) is 0 Å². The molecule has 0 spiro atoms. The van der Waals surface area contributed by atoms with Crippen molar-refractivity contribution in [2.75, 3.05) is 19.8 Å². The molecule has 1 aliphatic rings. The summed E-state index contributed by atoms with van der Waals surface area (Å²) in [4.78, 5) is 1.43. The van der Waals surface area contributed by atoms with E-state index in [2.05, 4.69) is 39.6 Å². The summed E-state index contributed by atoms with van der Waals surface area (Å²) in [6.45, 7) is 5.11. The second-order valence-electron chi connectivity index (χ2n) is 4.22. The Morgan fingerprint density at radius 1 is 1.69 bits per heavy atom.